The molecule has 2 aromatic heterocycles. The third-order valence-electron chi connectivity index (χ3n) is 5.04. The number of rotatable bonds is 4. The molecule has 5 nitrogen and oxygen atoms in total. The number of nitrogens with zero attached hydrogens (tertiary/aromatic N) is 3. The van der Waals surface area contributed by atoms with Gasteiger partial charge in [-0.15, -0.1) is 0 Å². The summed E-state index contributed by atoms with van der Waals surface area (Å²) < 4.78 is 30.0. The van der Waals surface area contributed by atoms with Gasteiger partial charge >= 0.3 is 0 Å². The molecule has 0 amide bonds. The predicted octanol–water partition coefficient (Wildman–Crippen LogP) is 4.75. The normalized spacial score (nSPS) is 11.7. The van der Waals surface area contributed by atoms with E-state index in [1.54, 1.807) is 31.3 Å². The van der Waals surface area contributed by atoms with Gasteiger partial charge in [0.25, 0.3) is 10.0 Å². The topological polar surface area (TPSA) is 54.7 Å². The molecule has 0 saturated heterocycles. The zero-order chi connectivity index (χ0) is 20.8. The van der Waals surface area contributed by atoms with Gasteiger partial charge in [0.2, 0.25) is 0 Å². The fourth-order valence-corrected chi connectivity index (χ4v) is 4.52. The summed E-state index contributed by atoms with van der Waals surface area (Å²) in [6, 6.07) is 18.7. The van der Waals surface area contributed by atoms with Crippen LogP contribution in [0.1, 0.15) is 16.7 Å². The molecule has 2 heterocycles. The Labute approximate surface area is 171 Å². The van der Waals surface area contributed by atoms with Gasteiger partial charge in [-0.1, -0.05) is 53.6 Å². The molecule has 0 aliphatic heterocycles. The minimum atomic E-state index is -3.75. The second-order valence-corrected chi connectivity index (χ2v) is 9.34. The first-order valence-corrected chi connectivity index (χ1v) is 10.8. The minimum Gasteiger partial charge on any atom is -0.285 e. The van der Waals surface area contributed by atoms with E-state index in [4.69, 9.17) is 4.98 Å². The zero-order valence-corrected chi connectivity index (χ0v) is 17.7. The second-order valence-electron chi connectivity index (χ2n) is 7.37. The fourth-order valence-electron chi connectivity index (χ4n) is 3.33. The number of hydrogen-bond acceptors (Lipinski definition) is 3. The average Bonchev–Trinajstić information content (AvgIpc) is 3.06. The van der Waals surface area contributed by atoms with Gasteiger partial charge in [0, 0.05) is 18.8 Å². The minimum absolute atomic E-state index is 0.253. The van der Waals surface area contributed by atoms with Gasteiger partial charge in [-0.3, -0.25) is 8.71 Å². The summed E-state index contributed by atoms with van der Waals surface area (Å²) in [5, 5.41) is 0. The molecule has 6 heteroatoms. The Balaban J connectivity index is 1.95. The van der Waals surface area contributed by atoms with E-state index in [1.807, 2.05) is 67.8 Å². The van der Waals surface area contributed by atoms with Crippen molar-refractivity contribution >= 4 is 21.5 Å². The fraction of sp³-hybridized carbons (Fsp3) is 0.174. The first-order chi connectivity index (χ1) is 13.8. The van der Waals surface area contributed by atoms with Gasteiger partial charge in [-0.05, 0) is 44.5 Å². The summed E-state index contributed by atoms with van der Waals surface area (Å²) in [5.74, 6) is 0.521. The lowest BCUT2D eigenvalue weighted by atomic mass is 10.1. The molecule has 0 saturated carbocycles. The van der Waals surface area contributed by atoms with E-state index in [-0.39, 0.29) is 4.90 Å². The quantitative estimate of drug-likeness (QED) is 0.492. The molecule has 0 radical (unpaired) electrons. The van der Waals surface area contributed by atoms with Gasteiger partial charge in [-0.2, -0.15) is 0 Å². The number of hydrogen-bond donors (Lipinski definition) is 0. The molecule has 0 unspecified atom stereocenters. The Morgan fingerprint density at radius 3 is 1.97 bits per heavy atom. The maximum atomic E-state index is 13.4. The number of anilines is 1. The predicted molar refractivity (Wildman–Crippen MR) is 117 cm³/mol. The summed E-state index contributed by atoms with van der Waals surface area (Å²) in [4.78, 5) is 5.01. The van der Waals surface area contributed by atoms with Gasteiger partial charge < -0.3 is 0 Å². The highest BCUT2D eigenvalue weighted by Crippen LogP contribution is 2.34. The summed E-state index contributed by atoms with van der Waals surface area (Å²) in [5.41, 5.74) is 5.37. The Bertz CT molecular complexity index is 1290. The molecule has 29 heavy (non-hydrogen) atoms. The van der Waals surface area contributed by atoms with Crippen molar-refractivity contribution in [2.24, 2.45) is 0 Å². The van der Waals surface area contributed by atoms with Crippen LogP contribution >= 0.6 is 0 Å². The summed E-state index contributed by atoms with van der Waals surface area (Å²) in [6.45, 7) is 5.93. The van der Waals surface area contributed by atoms with Crippen LogP contribution in [0.5, 0.6) is 0 Å². The second kappa shape index (κ2) is 7.04. The first-order valence-electron chi connectivity index (χ1n) is 9.39. The van der Waals surface area contributed by atoms with Crippen LogP contribution in [0.2, 0.25) is 0 Å². The highest BCUT2D eigenvalue weighted by molar-refractivity contribution is 7.92. The van der Waals surface area contributed by atoms with Crippen molar-refractivity contribution in [3.8, 4) is 11.3 Å². The van der Waals surface area contributed by atoms with E-state index in [0.29, 0.717) is 17.2 Å². The SMILES string of the molecule is Cc1ccc(-c2nc3ccc(C)cn3c2N(C)S(=O)(=O)c2ccc(C)cc2)cc1. The number of imidazole rings is 1. The average molecular weight is 406 g/mol. The third kappa shape index (κ3) is 3.40. The van der Waals surface area contributed by atoms with Crippen LogP contribution in [0, 0.1) is 20.8 Å². The van der Waals surface area contributed by atoms with Crippen molar-refractivity contribution in [3.63, 3.8) is 0 Å². The Hall–Kier alpha value is -3.12. The van der Waals surface area contributed by atoms with Crippen molar-refractivity contribution in [3.05, 3.63) is 83.6 Å². The molecule has 4 rings (SSSR count). The molecule has 0 atom stereocenters. The zero-order valence-electron chi connectivity index (χ0n) is 16.9. The van der Waals surface area contributed by atoms with Gasteiger partial charge in [0.05, 0.1) is 4.90 Å². The number of aryl methyl sites for hydroxylation is 3. The molecule has 0 N–H and O–H groups in total. The molecule has 0 aliphatic rings. The highest BCUT2D eigenvalue weighted by Gasteiger charge is 2.27. The molecular formula is C23H23N3O2S. The lowest BCUT2D eigenvalue weighted by molar-refractivity contribution is 0.594. The highest BCUT2D eigenvalue weighted by atomic mass is 32.2. The van der Waals surface area contributed by atoms with E-state index in [2.05, 4.69) is 0 Å². The first kappa shape index (κ1) is 19.2. The van der Waals surface area contributed by atoms with Gasteiger partial charge in [0.1, 0.15) is 11.3 Å². The molecule has 0 aliphatic carbocycles. The molecule has 2 aromatic carbocycles. The van der Waals surface area contributed by atoms with Crippen molar-refractivity contribution < 1.29 is 8.42 Å². The molecule has 0 fully saturated rings. The lowest BCUT2D eigenvalue weighted by Gasteiger charge is -2.21. The number of aromatic nitrogens is 2. The molecule has 148 valence electrons. The van der Waals surface area contributed by atoms with Crippen LogP contribution in [0.25, 0.3) is 16.9 Å². The van der Waals surface area contributed by atoms with Crippen molar-refractivity contribution in [1.29, 1.82) is 0 Å². The van der Waals surface area contributed by atoms with E-state index < -0.39 is 10.0 Å². The van der Waals surface area contributed by atoms with E-state index in [9.17, 15) is 8.42 Å². The van der Waals surface area contributed by atoms with Gasteiger partial charge in [-0.25, -0.2) is 13.4 Å². The molecule has 0 spiro atoms. The number of pyridine rings is 1. The van der Waals surface area contributed by atoms with Crippen molar-refractivity contribution in [1.82, 2.24) is 9.38 Å². The van der Waals surface area contributed by atoms with Crippen LogP contribution in [-0.4, -0.2) is 24.9 Å². The third-order valence-corrected chi connectivity index (χ3v) is 6.81. The van der Waals surface area contributed by atoms with Gasteiger partial charge in [0.15, 0.2) is 5.82 Å². The molecule has 0 bridgehead atoms. The number of sulfonamides is 1. The Morgan fingerprint density at radius 1 is 0.793 bits per heavy atom. The standard InChI is InChI=1S/C23H23N3O2S/c1-16-5-10-19(11-6-16)22-23(26-15-18(3)9-14-21(26)24-22)25(4)29(27,28)20-12-7-17(2)8-13-20/h5-15H,1-4H3. The lowest BCUT2D eigenvalue weighted by Crippen LogP contribution is -2.28. The summed E-state index contributed by atoms with van der Waals surface area (Å²) >= 11 is 0. The Morgan fingerprint density at radius 2 is 1.34 bits per heavy atom. The summed E-state index contributed by atoms with van der Waals surface area (Å²) in [7, 11) is -2.17. The molecule has 4 aromatic rings. The number of benzene rings is 2. The monoisotopic (exact) mass is 405 g/mol. The van der Waals surface area contributed by atoms with E-state index in [1.165, 1.54) is 4.31 Å². The van der Waals surface area contributed by atoms with Crippen LogP contribution < -0.4 is 4.31 Å². The van der Waals surface area contributed by atoms with Crippen LogP contribution in [0.4, 0.5) is 5.82 Å². The van der Waals surface area contributed by atoms with E-state index >= 15 is 0 Å². The van der Waals surface area contributed by atoms with Crippen molar-refractivity contribution in [2.75, 3.05) is 11.4 Å². The van der Waals surface area contributed by atoms with Crippen molar-refractivity contribution in [2.45, 2.75) is 25.7 Å². The maximum absolute atomic E-state index is 13.4. The van der Waals surface area contributed by atoms with Crippen LogP contribution in [0.15, 0.2) is 71.8 Å². The number of fused-ring (bicyclic) bond motifs is 1. The van der Waals surface area contributed by atoms with Crippen LogP contribution in [-0.2, 0) is 10.0 Å². The summed E-state index contributed by atoms with van der Waals surface area (Å²) in [6.07, 6.45) is 1.91. The Kier molecular flexibility index (Phi) is 4.67. The maximum Gasteiger partial charge on any atom is 0.265 e. The van der Waals surface area contributed by atoms with E-state index in [0.717, 1.165) is 22.3 Å². The largest absolute Gasteiger partial charge is 0.285 e. The molecular weight excluding hydrogens is 382 g/mol. The smallest absolute Gasteiger partial charge is 0.265 e. The van der Waals surface area contributed by atoms with Crippen LogP contribution in [0.3, 0.4) is 0 Å².